The monoisotopic (exact) mass is 286 g/mol. The number of hydrogen-bond acceptors (Lipinski definition) is 0. The Morgan fingerprint density at radius 1 is 1.25 bits per heavy atom. The third kappa shape index (κ3) is 3.58. The van der Waals surface area contributed by atoms with Gasteiger partial charge in [0.2, 0.25) is 0 Å². The van der Waals surface area contributed by atoms with Crippen molar-refractivity contribution in [2.75, 3.05) is 0 Å². The lowest BCUT2D eigenvalue weighted by molar-refractivity contribution is 0.382. The maximum absolute atomic E-state index is 13.2. The van der Waals surface area contributed by atoms with E-state index in [1.54, 1.807) is 6.07 Å². The Kier molecular flexibility index (Phi) is 4.97. The number of aryl methyl sites for hydroxylation is 1. The zero-order valence-electron chi connectivity index (χ0n) is 10.4. The van der Waals surface area contributed by atoms with Gasteiger partial charge < -0.3 is 0 Å². The molecule has 1 rings (SSSR count). The summed E-state index contributed by atoms with van der Waals surface area (Å²) in [6.07, 6.45) is 0.938. The van der Waals surface area contributed by atoms with E-state index < -0.39 is 0 Å². The molecular weight excluding hydrogens is 267 g/mol. The lowest BCUT2D eigenvalue weighted by atomic mass is 9.86. The largest absolute Gasteiger partial charge is 0.207 e. The second-order valence-electron chi connectivity index (χ2n) is 4.86. The van der Waals surface area contributed by atoms with Gasteiger partial charge in [0.15, 0.2) is 0 Å². The Bertz CT molecular complexity index is 337. The van der Waals surface area contributed by atoms with Crippen molar-refractivity contribution in [3.8, 4) is 0 Å². The topological polar surface area (TPSA) is 0 Å². The predicted molar refractivity (Wildman–Crippen MR) is 71.6 cm³/mol. The van der Waals surface area contributed by atoms with Gasteiger partial charge in [-0.3, -0.25) is 0 Å². The summed E-state index contributed by atoms with van der Waals surface area (Å²) < 4.78 is 13.2. The maximum Gasteiger partial charge on any atom is 0.123 e. The summed E-state index contributed by atoms with van der Waals surface area (Å²) in [4.78, 5) is 0.454. The van der Waals surface area contributed by atoms with E-state index in [-0.39, 0.29) is 5.82 Å². The van der Waals surface area contributed by atoms with Crippen molar-refractivity contribution in [1.82, 2.24) is 0 Å². The highest BCUT2D eigenvalue weighted by Crippen LogP contribution is 2.27. The first-order valence-electron chi connectivity index (χ1n) is 5.81. The first-order valence-corrected chi connectivity index (χ1v) is 6.72. The molecule has 0 radical (unpaired) electrons. The minimum absolute atomic E-state index is 0.134. The van der Waals surface area contributed by atoms with E-state index >= 15 is 0 Å². The normalized spacial score (nSPS) is 15.2. The van der Waals surface area contributed by atoms with Crippen LogP contribution >= 0.6 is 15.9 Å². The molecule has 90 valence electrons. The Morgan fingerprint density at radius 3 is 2.38 bits per heavy atom. The summed E-state index contributed by atoms with van der Waals surface area (Å²) in [7, 11) is 0. The van der Waals surface area contributed by atoms with Crippen LogP contribution in [-0.2, 0) is 6.42 Å². The second-order valence-corrected chi connectivity index (χ2v) is 6.30. The molecule has 0 amide bonds. The van der Waals surface area contributed by atoms with Crippen LogP contribution in [0.2, 0.25) is 0 Å². The molecule has 16 heavy (non-hydrogen) atoms. The highest BCUT2D eigenvalue weighted by atomic mass is 79.9. The van der Waals surface area contributed by atoms with Crippen molar-refractivity contribution in [3.63, 3.8) is 0 Å². The van der Waals surface area contributed by atoms with Crippen molar-refractivity contribution in [3.05, 3.63) is 35.1 Å². The van der Waals surface area contributed by atoms with Gasteiger partial charge in [0.05, 0.1) is 0 Å². The zero-order chi connectivity index (χ0) is 12.3. The van der Waals surface area contributed by atoms with Crippen LogP contribution in [-0.4, -0.2) is 4.83 Å². The first kappa shape index (κ1) is 13.7. The zero-order valence-corrected chi connectivity index (χ0v) is 12.0. The van der Waals surface area contributed by atoms with Gasteiger partial charge in [-0.05, 0) is 48.4 Å². The molecule has 1 aromatic carbocycles. The van der Waals surface area contributed by atoms with Gasteiger partial charge in [-0.2, -0.15) is 0 Å². The van der Waals surface area contributed by atoms with Gasteiger partial charge >= 0.3 is 0 Å². The minimum atomic E-state index is -0.134. The molecular formula is C14H20BrF. The van der Waals surface area contributed by atoms with Crippen LogP contribution in [0.3, 0.4) is 0 Å². The molecule has 0 nitrogen and oxygen atoms in total. The highest BCUT2D eigenvalue weighted by molar-refractivity contribution is 9.09. The lowest BCUT2D eigenvalue weighted by Gasteiger charge is -2.24. The fourth-order valence-electron chi connectivity index (χ4n) is 2.04. The molecule has 0 spiro atoms. The molecule has 0 aliphatic heterocycles. The van der Waals surface area contributed by atoms with Crippen LogP contribution in [0.15, 0.2) is 18.2 Å². The maximum atomic E-state index is 13.2. The Morgan fingerprint density at radius 2 is 1.88 bits per heavy atom. The van der Waals surface area contributed by atoms with E-state index in [1.165, 1.54) is 11.6 Å². The van der Waals surface area contributed by atoms with E-state index in [0.29, 0.717) is 16.7 Å². The summed E-state index contributed by atoms with van der Waals surface area (Å²) in [5, 5.41) is 0. The van der Waals surface area contributed by atoms with Gasteiger partial charge in [-0.1, -0.05) is 42.8 Å². The number of alkyl halides is 1. The van der Waals surface area contributed by atoms with Crippen molar-refractivity contribution < 1.29 is 4.39 Å². The van der Waals surface area contributed by atoms with E-state index in [9.17, 15) is 4.39 Å². The van der Waals surface area contributed by atoms with Crippen LogP contribution < -0.4 is 0 Å². The van der Waals surface area contributed by atoms with Crippen LogP contribution in [0, 0.1) is 24.6 Å². The standard InChI is InChI=1S/C14H20BrF/c1-9(2)14(11(4)15)8-12-7-13(16)6-5-10(12)3/h5-7,9,11,14H,8H2,1-4H3. The summed E-state index contributed by atoms with van der Waals surface area (Å²) in [5.41, 5.74) is 2.31. The van der Waals surface area contributed by atoms with Crippen molar-refractivity contribution >= 4 is 15.9 Å². The summed E-state index contributed by atoms with van der Waals surface area (Å²) in [5.74, 6) is 1.00. The van der Waals surface area contributed by atoms with E-state index in [4.69, 9.17) is 0 Å². The lowest BCUT2D eigenvalue weighted by Crippen LogP contribution is -2.20. The number of benzene rings is 1. The summed E-state index contributed by atoms with van der Waals surface area (Å²) in [6, 6.07) is 5.06. The molecule has 1 aromatic rings. The van der Waals surface area contributed by atoms with Crippen LogP contribution in [0.25, 0.3) is 0 Å². The molecule has 0 fully saturated rings. The molecule has 0 heterocycles. The number of hydrogen-bond donors (Lipinski definition) is 0. The summed E-state index contributed by atoms with van der Waals surface area (Å²) >= 11 is 3.65. The van der Waals surface area contributed by atoms with Gasteiger partial charge in [0.25, 0.3) is 0 Å². The quantitative estimate of drug-likeness (QED) is 0.702. The Hall–Kier alpha value is -0.370. The van der Waals surface area contributed by atoms with Crippen molar-refractivity contribution in [1.29, 1.82) is 0 Å². The molecule has 0 bridgehead atoms. The van der Waals surface area contributed by atoms with Crippen molar-refractivity contribution in [2.45, 2.75) is 38.9 Å². The predicted octanol–water partition coefficient (Wildman–Crippen LogP) is 4.73. The van der Waals surface area contributed by atoms with Crippen LogP contribution in [0.5, 0.6) is 0 Å². The molecule has 0 aliphatic carbocycles. The second kappa shape index (κ2) is 5.81. The average Bonchev–Trinajstić information content (AvgIpc) is 2.18. The van der Waals surface area contributed by atoms with Gasteiger partial charge in [0, 0.05) is 4.83 Å². The van der Waals surface area contributed by atoms with E-state index in [1.807, 2.05) is 13.0 Å². The highest BCUT2D eigenvalue weighted by Gasteiger charge is 2.20. The fraction of sp³-hybridized carbons (Fsp3) is 0.571. The van der Waals surface area contributed by atoms with E-state index in [2.05, 4.69) is 36.7 Å². The minimum Gasteiger partial charge on any atom is -0.207 e. The fourth-order valence-corrected chi connectivity index (χ4v) is 2.84. The third-order valence-electron chi connectivity index (χ3n) is 3.21. The molecule has 0 saturated heterocycles. The van der Waals surface area contributed by atoms with Gasteiger partial charge in [0.1, 0.15) is 5.82 Å². The number of halogens is 2. The molecule has 0 saturated carbocycles. The van der Waals surface area contributed by atoms with Crippen LogP contribution in [0.4, 0.5) is 4.39 Å². The Labute approximate surface area is 106 Å². The Balaban J connectivity index is 2.89. The molecule has 2 unspecified atom stereocenters. The number of rotatable bonds is 4. The molecule has 2 atom stereocenters. The molecule has 0 N–H and O–H groups in total. The molecule has 0 aromatic heterocycles. The van der Waals surface area contributed by atoms with E-state index in [0.717, 1.165) is 12.0 Å². The third-order valence-corrected chi connectivity index (χ3v) is 3.89. The SMILES string of the molecule is Cc1ccc(F)cc1CC(C(C)C)C(C)Br. The first-order chi connectivity index (χ1) is 7.41. The smallest absolute Gasteiger partial charge is 0.123 e. The summed E-state index contributed by atoms with van der Waals surface area (Å²) in [6.45, 7) is 8.65. The average molecular weight is 287 g/mol. The van der Waals surface area contributed by atoms with Crippen molar-refractivity contribution in [2.24, 2.45) is 11.8 Å². The van der Waals surface area contributed by atoms with Crippen LogP contribution in [0.1, 0.15) is 31.9 Å². The molecule has 0 aliphatic rings. The van der Waals surface area contributed by atoms with Gasteiger partial charge in [-0.15, -0.1) is 0 Å². The van der Waals surface area contributed by atoms with Gasteiger partial charge in [-0.25, -0.2) is 4.39 Å². The molecule has 2 heteroatoms.